The first kappa shape index (κ1) is 13.9. The van der Waals surface area contributed by atoms with Crippen LogP contribution >= 0.6 is 15.9 Å². The smallest absolute Gasteiger partial charge is 0.335 e. The first-order valence-corrected chi connectivity index (χ1v) is 6.07. The average molecular weight is 339 g/mol. The van der Waals surface area contributed by atoms with Crippen LogP contribution in [-0.2, 0) is 0 Å². The molecule has 102 valence electrons. The normalized spacial score (nSPS) is 10.1. The summed E-state index contributed by atoms with van der Waals surface area (Å²) in [6.07, 6.45) is 2.92. The third kappa shape index (κ3) is 3.09. The van der Waals surface area contributed by atoms with Crippen molar-refractivity contribution in [1.82, 2.24) is 4.98 Å². The van der Waals surface area contributed by atoms with Gasteiger partial charge >= 0.3 is 11.7 Å². The topological polar surface area (TPSA) is 103 Å². The minimum absolute atomic E-state index is 0.0556. The SMILES string of the molecule is O=C(O)c1ccc(Oc2cncc(Br)c2)c([N+](=O)[O-])c1. The average Bonchev–Trinajstić information content (AvgIpc) is 2.38. The number of nitro benzene ring substituents is 1. The van der Waals surface area contributed by atoms with E-state index in [9.17, 15) is 14.9 Å². The van der Waals surface area contributed by atoms with Crippen LogP contribution in [-0.4, -0.2) is 21.0 Å². The van der Waals surface area contributed by atoms with E-state index in [1.165, 1.54) is 24.5 Å². The van der Waals surface area contributed by atoms with E-state index >= 15 is 0 Å². The number of benzene rings is 1. The number of rotatable bonds is 4. The van der Waals surface area contributed by atoms with E-state index in [0.29, 0.717) is 10.2 Å². The second-order valence-corrected chi connectivity index (χ2v) is 4.60. The number of aromatic carboxylic acids is 1. The molecule has 0 aliphatic rings. The fourth-order valence-corrected chi connectivity index (χ4v) is 1.80. The van der Waals surface area contributed by atoms with Gasteiger partial charge in [-0.1, -0.05) is 0 Å². The first-order valence-electron chi connectivity index (χ1n) is 5.27. The van der Waals surface area contributed by atoms with Gasteiger partial charge in [-0.15, -0.1) is 0 Å². The maximum Gasteiger partial charge on any atom is 0.335 e. The first-order chi connectivity index (χ1) is 9.47. The van der Waals surface area contributed by atoms with E-state index in [1.807, 2.05) is 0 Å². The van der Waals surface area contributed by atoms with E-state index in [4.69, 9.17) is 9.84 Å². The Hall–Kier alpha value is -2.48. The zero-order valence-electron chi connectivity index (χ0n) is 9.82. The number of hydrogen-bond acceptors (Lipinski definition) is 5. The zero-order chi connectivity index (χ0) is 14.7. The number of carbonyl (C=O) groups is 1. The number of pyridine rings is 1. The summed E-state index contributed by atoms with van der Waals surface area (Å²) in [4.78, 5) is 24.9. The van der Waals surface area contributed by atoms with E-state index in [2.05, 4.69) is 20.9 Å². The molecule has 0 fully saturated rings. The van der Waals surface area contributed by atoms with Crippen LogP contribution in [0.3, 0.4) is 0 Å². The van der Waals surface area contributed by atoms with Gasteiger partial charge in [-0.05, 0) is 34.1 Å². The van der Waals surface area contributed by atoms with Crippen molar-refractivity contribution in [2.45, 2.75) is 0 Å². The Morgan fingerprint density at radius 3 is 2.70 bits per heavy atom. The second-order valence-electron chi connectivity index (χ2n) is 3.69. The highest BCUT2D eigenvalue weighted by atomic mass is 79.9. The molecule has 1 aromatic carbocycles. The molecule has 8 heteroatoms. The predicted octanol–water partition coefficient (Wildman–Crippen LogP) is 3.24. The molecule has 0 saturated carbocycles. The molecule has 0 spiro atoms. The van der Waals surface area contributed by atoms with Crippen LogP contribution < -0.4 is 4.74 Å². The van der Waals surface area contributed by atoms with Crippen molar-refractivity contribution in [3.8, 4) is 11.5 Å². The fourth-order valence-electron chi connectivity index (χ4n) is 1.45. The van der Waals surface area contributed by atoms with Gasteiger partial charge in [-0.25, -0.2) is 4.79 Å². The fraction of sp³-hybridized carbons (Fsp3) is 0. The van der Waals surface area contributed by atoms with Crippen molar-refractivity contribution in [3.05, 3.63) is 56.8 Å². The van der Waals surface area contributed by atoms with Crippen molar-refractivity contribution in [2.75, 3.05) is 0 Å². The summed E-state index contributed by atoms with van der Waals surface area (Å²) in [5.41, 5.74) is -0.610. The third-order valence-corrected chi connectivity index (χ3v) is 2.74. The Morgan fingerprint density at radius 2 is 2.10 bits per heavy atom. The van der Waals surface area contributed by atoms with Crippen molar-refractivity contribution in [3.63, 3.8) is 0 Å². The van der Waals surface area contributed by atoms with Gasteiger partial charge in [-0.3, -0.25) is 15.1 Å². The molecule has 0 amide bonds. The van der Waals surface area contributed by atoms with Crippen LogP contribution in [0, 0.1) is 10.1 Å². The third-order valence-electron chi connectivity index (χ3n) is 2.31. The highest BCUT2D eigenvalue weighted by Gasteiger charge is 2.19. The van der Waals surface area contributed by atoms with Crippen molar-refractivity contribution >= 4 is 27.6 Å². The van der Waals surface area contributed by atoms with E-state index in [-0.39, 0.29) is 11.3 Å². The van der Waals surface area contributed by atoms with Gasteiger partial charge in [0.2, 0.25) is 5.75 Å². The molecule has 0 radical (unpaired) electrons. The molecular weight excluding hydrogens is 332 g/mol. The lowest BCUT2D eigenvalue weighted by Gasteiger charge is -2.06. The molecule has 2 aromatic rings. The lowest BCUT2D eigenvalue weighted by Crippen LogP contribution is -2.00. The maximum absolute atomic E-state index is 11.0. The highest BCUT2D eigenvalue weighted by molar-refractivity contribution is 9.10. The van der Waals surface area contributed by atoms with Crippen molar-refractivity contribution < 1.29 is 19.6 Å². The molecule has 0 aliphatic carbocycles. The molecule has 0 bridgehead atoms. The predicted molar refractivity (Wildman–Crippen MR) is 72.1 cm³/mol. The van der Waals surface area contributed by atoms with Crippen LogP contribution in [0.15, 0.2) is 41.1 Å². The van der Waals surface area contributed by atoms with Gasteiger partial charge in [0.05, 0.1) is 16.7 Å². The van der Waals surface area contributed by atoms with Gasteiger partial charge in [0.1, 0.15) is 5.75 Å². The lowest BCUT2D eigenvalue weighted by molar-refractivity contribution is -0.385. The van der Waals surface area contributed by atoms with Crippen LogP contribution in [0.1, 0.15) is 10.4 Å². The lowest BCUT2D eigenvalue weighted by atomic mass is 10.2. The van der Waals surface area contributed by atoms with E-state index < -0.39 is 16.6 Å². The maximum atomic E-state index is 11.0. The van der Waals surface area contributed by atoms with Gasteiger partial charge < -0.3 is 9.84 Å². The number of ether oxygens (including phenoxy) is 1. The molecule has 2 rings (SSSR count). The number of hydrogen-bond donors (Lipinski definition) is 1. The molecule has 0 atom stereocenters. The summed E-state index contributed by atoms with van der Waals surface area (Å²) < 4.78 is 6.01. The van der Waals surface area contributed by atoms with Crippen LogP contribution in [0.2, 0.25) is 0 Å². The zero-order valence-corrected chi connectivity index (χ0v) is 11.4. The number of carboxylic acid groups (broad SMARTS) is 1. The second kappa shape index (κ2) is 5.66. The largest absolute Gasteiger partial charge is 0.478 e. The molecule has 20 heavy (non-hydrogen) atoms. The number of nitro groups is 1. The Kier molecular flexibility index (Phi) is 3.94. The molecule has 1 heterocycles. The Balaban J connectivity index is 2.41. The van der Waals surface area contributed by atoms with E-state index in [0.717, 1.165) is 6.07 Å². The van der Waals surface area contributed by atoms with Crippen LogP contribution in [0.25, 0.3) is 0 Å². The van der Waals surface area contributed by atoms with Crippen molar-refractivity contribution in [2.24, 2.45) is 0 Å². The standard InChI is InChI=1S/C12H7BrN2O5/c13-8-4-9(6-14-5-8)20-11-2-1-7(12(16)17)3-10(11)15(18)19/h1-6H,(H,16,17). The monoisotopic (exact) mass is 338 g/mol. The highest BCUT2D eigenvalue weighted by Crippen LogP contribution is 2.32. The van der Waals surface area contributed by atoms with Gasteiger partial charge in [0, 0.05) is 16.7 Å². The van der Waals surface area contributed by atoms with Gasteiger partial charge in [0.15, 0.2) is 0 Å². The Morgan fingerprint density at radius 1 is 1.35 bits per heavy atom. The number of aromatic nitrogens is 1. The molecular formula is C12H7BrN2O5. The number of nitrogens with zero attached hydrogens (tertiary/aromatic N) is 2. The molecule has 0 aliphatic heterocycles. The van der Waals surface area contributed by atoms with E-state index in [1.54, 1.807) is 6.07 Å². The summed E-state index contributed by atoms with van der Waals surface area (Å²) in [7, 11) is 0. The Labute approximate surface area is 121 Å². The minimum atomic E-state index is -1.25. The van der Waals surface area contributed by atoms with Gasteiger partial charge in [0.25, 0.3) is 0 Å². The summed E-state index contributed by atoms with van der Waals surface area (Å²) in [6, 6.07) is 5.00. The van der Waals surface area contributed by atoms with Crippen LogP contribution in [0.4, 0.5) is 5.69 Å². The number of halogens is 1. The summed E-state index contributed by atoms with van der Waals surface area (Å²) in [6.45, 7) is 0. The Bertz CT molecular complexity index is 689. The number of carboxylic acids is 1. The van der Waals surface area contributed by atoms with Gasteiger partial charge in [-0.2, -0.15) is 0 Å². The molecule has 0 saturated heterocycles. The molecule has 0 unspecified atom stereocenters. The van der Waals surface area contributed by atoms with Crippen molar-refractivity contribution in [1.29, 1.82) is 0 Å². The van der Waals surface area contributed by atoms with Crippen LogP contribution in [0.5, 0.6) is 11.5 Å². The summed E-state index contributed by atoms with van der Waals surface area (Å²) in [5.74, 6) is -1.01. The molecule has 1 aromatic heterocycles. The quantitative estimate of drug-likeness (QED) is 0.678. The summed E-state index contributed by atoms with van der Waals surface area (Å²) >= 11 is 3.20. The minimum Gasteiger partial charge on any atom is -0.478 e. The molecule has 7 nitrogen and oxygen atoms in total. The molecule has 1 N–H and O–H groups in total. The summed E-state index contributed by atoms with van der Waals surface area (Å²) in [5, 5.41) is 19.8.